The maximum atomic E-state index is 9.82. The Bertz CT molecular complexity index is 114. The molecular formula is C10H26ClNO2. The summed E-state index contributed by atoms with van der Waals surface area (Å²) in [6.45, 7) is 6.90. The first kappa shape index (κ1) is 23.5. The fraction of sp³-hybridized carbons (Fsp3) is 0.900. The van der Waals surface area contributed by atoms with Crippen LogP contribution in [0.3, 0.4) is 0 Å². The lowest BCUT2D eigenvalue weighted by molar-refractivity contribution is -0.626. The van der Waals surface area contributed by atoms with Crippen molar-refractivity contribution in [1.29, 1.82) is 0 Å². The van der Waals surface area contributed by atoms with E-state index in [4.69, 9.17) is 0 Å². The Hall–Kier alpha value is -0.280. The highest BCUT2D eigenvalue weighted by Crippen LogP contribution is 1.95. The molecule has 4 heteroatoms. The van der Waals surface area contributed by atoms with E-state index in [0.717, 1.165) is 0 Å². The molecule has 0 bridgehead atoms. The Morgan fingerprint density at radius 2 is 1.93 bits per heavy atom. The van der Waals surface area contributed by atoms with Crippen LogP contribution in [0.4, 0.5) is 0 Å². The van der Waals surface area contributed by atoms with Gasteiger partial charge in [0, 0.05) is 5.97 Å². The van der Waals surface area contributed by atoms with Gasteiger partial charge in [0.25, 0.3) is 0 Å². The minimum atomic E-state index is -0.956. The van der Waals surface area contributed by atoms with Crippen molar-refractivity contribution in [2.75, 3.05) is 13.6 Å². The zero-order valence-corrected chi connectivity index (χ0v) is 9.73. The Morgan fingerprint density at radius 1 is 1.50 bits per heavy atom. The number of carbonyl (C=O) groups excluding carboxylic acids is 1. The fourth-order valence-electron chi connectivity index (χ4n) is 0.455. The van der Waals surface area contributed by atoms with Crippen LogP contribution in [0.2, 0.25) is 0 Å². The van der Waals surface area contributed by atoms with Crippen molar-refractivity contribution in [1.82, 2.24) is 0 Å². The van der Waals surface area contributed by atoms with Crippen molar-refractivity contribution in [3.63, 3.8) is 0 Å². The maximum Gasteiger partial charge on any atom is 1.00 e. The first-order chi connectivity index (χ1) is 5.59. The molecule has 1 atom stereocenters. The molecule has 1 unspecified atom stereocenters. The molecule has 0 aromatic heterocycles. The minimum absolute atomic E-state index is 0. The van der Waals surface area contributed by atoms with E-state index in [-0.39, 0.29) is 27.2 Å². The molecule has 0 spiro atoms. The van der Waals surface area contributed by atoms with E-state index < -0.39 is 5.97 Å². The maximum absolute atomic E-state index is 9.82. The van der Waals surface area contributed by atoms with Gasteiger partial charge in [-0.3, -0.25) is 0 Å². The zero-order chi connectivity index (χ0) is 9.98. The quantitative estimate of drug-likeness (QED) is 0.561. The molecule has 3 nitrogen and oxygen atoms in total. The molecule has 0 aliphatic heterocycles. The Kier molecular flexibility index (Phi) is 31.0. The molecule has 0 saturated carbocycles. The summed E-state index contributed by atoms with van der Waals surface area (Å²) in [6, 6.07) is 0. The third-order valence-electron chi connectivity index (χ3n) is 1.59. The van der Waals surface area contributed by atoms with Gasteiger partial charge in [-0.2, -0.15) is 0 Å². The topological polar surface area (TPSA) is 56.7 Å². The summed E-state index contributed by atoms with van der Waals surface area (Å²) >= 11 is 0. The molecule has 14 heavy (non-hydrogen) atoms. The number of hydrogen-bond donors (Lipinski definition) is 1. The molecule has 0 saturated heterocycles. The smallest absolute Gasteiger partial charge is 1.00 e. The van der Waals surface area contributed by atoms with Crippen LogP contribution in [0.25, 0.3) is 0 Å². The number of nitrogens with two attached hydrogens (primary N) is 1. The van der Waals surface area contributed by atoms with Gasteiger partial charge in [0.15, 0.2) is 0 Å². The number of carbonyl (C=O) groups is 1. The van der Waals surface area contributed by atoms with Gasteiger partial charge in [-0.1, -0.05) is 28.2 Å². The van der Waals surface area contributed by atoms with Gasteiger partial charge in [0.2, 0.25) is 0 Å². The second-order valence-corrected chi connectivity index (χ2v) is 2.83. The number of aliphatic carboxylic acids is 1. The summed E-state index contributed by atoms with van der Waals surface area (Å²) in [5.74, 6) is -1.25. The van der Waals surface area contributed by atoms with Crippen molar-refractivity contribution >= 4 is 5.97 Å². The van der Waals surface area contributed by atoms with Gasteiger partial charge in [-0.25, -0.2) is 0 Å². The summed E-state index contributed by atoms with van der Waals surface area (Å²) in [4.78, 5) is 9.82. The second-order valence-electron chi connectivity index (χ2n) is 2.83. The average Bonchev–Trinajstić information content (AvgIpc) is 2.05. The van der Waals surface area contributed by atoms with Crippen molar-refractivity contribution in [2.45, 2.75) is 41.0 Å². The van der Waals surface area contributed by atoms with Crippen LogP contribution in [-0.4, -0.2) is 19.6 Å². The number of carboxylic acid groups (broad SMARTS) is 1. The number of carboxylic acids is 1. The summed E-state index contributed by atoms with van der Waals surface area (Å²) in [5, 5.41) is 12.0. The van der Waals surface area contributed by atoms with Gasteiger partial charge < -0.3 is 27.6 Å². The molecule has 0 fully saturated rings. The highest BCUT2D eigenvalue weighted by Gasteiger charge is 1.94. The van der Waals surface area contributed by atoms with Crippen LogP contribution in [0.15, 0.2) is 0 Å². The van der Waals surface area contributed by atoms with Gasteiger partial charge in [-0.15, -0.1) is 0 Å². The van der Waals surface area contributed by atoms with Crippen LogP contribution >= 0.6 is 0 Å². The zero-order valence-electron chi connectivity index (χ0n) is 9.97. The van der Waals surface area contributed by atoms with Gasteiger partial charge in [0.05, 0.1) is 13.6 Å². The van der Waals surface area contributed by atoms with Crippen molar-refractivity contribution in [2.24, 2.45) is 5.92 Å². The molecule has 0 aromatic rings. The van der Waals surface area contributed by atoms with Crippen molar-refractivity contribution < 1.29 is 29.1 Å². The molecule has 0 aliphatic carbocycles. The summed E-state index contributed by atoms with van der Waals surface area (Å²) in [5.41, 5.74) is 0. The van der Waals surface area contributed by atoms with E-state index in [1.165, 1.54) is 13.0 Å². The molecule has 0 rings (SSSR count). The molecule has 0 aromatic carbocycles. The van der Waals surface area contributed by atoms with Crippen LogP contribution in [0.1, 0.15) is 42.5 Å². The van der Waals surface area contributed by atoms with E-state index in [1.54, 1.807) is 6.92 Å². The summed E-state index contributed by atoms with van der Waals surface area (Å²) in [6.07, 6.45) is 1.94. The van der Waals surface area contributed by atoms with E-state index in [9.17, 15) is 9.90 Å². The molecule has 90 valence electrons. The standard InChI is InChI=1S/C5H10O2.C4H11N.CH4.ClH/c1-3-4(2)5(6)7;1-3-4-5-2;;/h4H,3H2,1-2H3,(H,6,7);5H,3-4H2,1-2H3;1H4;1H. The number of rotatable bonds is 4. The van der Waals surface area contributed by atoms with Crippen LogP contribution in [0, 0.1) is 5.92 Å². The lowest BCUT2D eigenvalue weighted by Crippen LogP contribution is -3.00. The van der Waals surface area contributed by atoms with Gasteiger partial charge in [-0.05, 0) is 18.8 Å². The fourth-order valence-corrected chi connectivity index (χ4v) is 0.455. The van der Waals surface area contributed by atoms with E-state index >= 15 is 0 Å². The first-order valence-corrected chi connectivity index (χ1v) is 4.58. The average molecular weight is 228 g/mol. The Morgan fingerprint density at radius 3 is 1.93 bits per heavy atom. The van der Waals surface area contributed by atoms with Gasteiger partial charge in [0.1, 0.15) is 0 Å². The third-order valence-corrected chi connectivity index (χ3v) is 1.59. The Labute approximate surface area is 96.2 Å². The monoisotopic (exact) mass is 227 g/mol. The molecule has 0 aliphatic rings. The van der Waals surface area contributed by atoms with Crippen LogP contribution in [0.5, 0.6) is 0 Å². The van der Waals surface area contributed by atoms with E-state index in [2.05, 4.69) is 19.3 Å². The largest absolute Gasteiger partial charge is 1.00 e. The molecule has 0 amide bonds. The highest BCUT2D eigenvalue weighted by molar-refractivity contribution is 5.66. The number of halogens is 1. The van der Waals surface area contributed by atoms with E-state index in [1.807, 2.05) is 6.92 Å². The predicted octanol–water partition coefficient (Wildman–Crippen LogP) is -2.88. The van der Waals surface area contributed by atoms with Gasteiger partial charge >= 0.3 is 1.43 Å². The number of quaternary nitrogens is 1. The van der Waals surface area contributed by atoms with E-state index in [0.29, 0.717) is 6.42 Å². The third kappa shape index (κ3) is 22.6. The second kappa shape index (κ2) is 18.5. The van der Waals surface area contributed by atoms with Crippen molar-refractivity contribution in [3.05, 3.63) is 0 Å². The predicted molar refractivity (Wildman–Crippen MR) is 55.3 cm³/mol. The van der Waals surface area contributed by atoms with Crippen LogP contribution in [-0.2, 0) is 4.79 Å². The minimum Gasteiger partial charge on any atom is -1.00 e. The molecule has 0 radical (unpaired) electrons. The van der Waals surface area contributed by atoms with Crippen molar-refractivity contribution in [3.8, 4) is 0 Å². The molecule has 2 N–H and O–H groups in total. The highest BCUT2D eigenvalue weighted by atomic mass is 35.5. The normalized spacial score (nSPS) is 9.71. The molecular weight excluding hydrogens is 202 g/mol. The molecule has 0 heterocycles. The first-order valence-electron chi connectivity index (χ1n) is 4.58. The lowest BCUT2D eigenvalue weighted by atomic mass is 10.1. The van der Waals surface area contributed by atoms with Crippen LogP contribution < -0.4 is 22.8 Å². The lowest BCUT2D eigenvalue weighted by Gasteiger charge is -2.06. The Balaban J connectivity index is -0.0000000383. The summed E-state index contributed by atoms with van der Waals surface area (Å²) < 4.78 is 0. The summed E-state index contributed by atoms with van der Waals surface area (Å²) in [7, 11) is 2.09. The SMILES string of the molecule is C.CCC(C)C(=O)[O-].CCC[NH2+]C.[Cl-].[H+]. The number of hydrogen-bond acceptors (Lipinski definition) is 2.